The molecule has 0 aromatic heterocycles. The Balaban J connectivity index is 3.13. The molecule has 4 atom stereocenters. The van der Waals surface area contributed by atoms with E-state index in [0.29, 0.717) is 75.4 Å². The highest BCUT2D eigenvalue weighted by atomic mass is 28.3. The van der Waals surface area contributed by atoms with Gasteiger partial charge in [-0.1, -0.05) is 27.7 Å². The predicted molar refractivity (Wildman–Crippen MR) is 220 cm³/mol. The van der Waals surface area contributed by atoms with Crippen molar-refractivity contribution >= 4 is 49.5 Å². The maximum atomic E-state index is 6.09. The molecule has 0 saturated heterocycles. The van der Waals surface area contributed by atoms with E-state index in [0.717, 1.165) is 51.9 Å². The maximum Gasteiger partial charge on any atom is 0.324 e. The van der Waals surface area contributed by atoms with Gasteiger partial charge in [-0.3, -0.25) is 0 Å². The molecule has 10 nitrogen and oxygen atoms in total. The van der Waals surface area contributed by atoms with Crippen LogP contribution >= 0.6 is 0 Å². The third-order valence-electron chi connectivity index (χ3n) is 8.87. The summed E-state index contributed by atoms with van der Waals surface area (Å²) in [5, 5.41) is 0. The van der Waals surface area contributed by atoms with E-state index >= 15 is 0 Å². The van der Waals surface area contributed by atoms with Crippen molar-refractivity contribution in [2.75, 3.05) is 89.2 Å². The average molecular weight is 777 g/mol. The van der Waals surface area contributed by atoms with Gasteiger partial charge in [-0.25, -0.2) is 0 Å². The largest absolute Gasteiger partial charge is 0.402 e. The molecule has 0 amide bonds. The van der Waals surface area contributed by atoms with E-state index in [1.807, 2.05) is 13.8 Å². The number of rotatable bonds is 34. The van der Waals surface area contributed by atoms with Crippen LogP contribution < -0.4 is 9.80 Å². The van der Waals surface area contributed by atoms with Crippen LogP contribution in [-0.2, 0) is 36.0 Å². The summed E-state index contributed by atoms with van der Waals surface area (Å²) in [6.07, 6.45) is 4.31. The lowest BCUT2D eigenvalue weighted by molar-refractivity contribution is 0.0230. The first-order valence-corrected chi connectivity index (χ1v) is 25.6. The predicted octanol–water partition coefficient (Wildman–Crippen LogP) is 6.03. The van der Waals surface area contributed by atoms with Crippen LogP contribution in [0.4, 0.5) is 11.4 Å². The fourth-order valence-electron chi connectivity index (χ4n) is 5.72. The van der Waals surface area contributed by atoms with Crippen molar-refractivity contribution in [3.8, 4) is 0 Å². The van der Waals surface area contributed by atoms with E-state index in [4.69, 9.17) is 36.0 Å². The second kappa shape index (κ2) is 30.8. The molecule has 0 radical (unpaired) electrons. The Labute approximate surface area is 315 Å². The van der Waals surface area contributed by atoms with Crippen LogP contribution in [0.25, 0.3) is 0 Å². The van der Waals surface area contributed by atoms with Gasteiger partial charge in [0.1, 0.15) is 13.6 Å². The highest BCUT2D eigenvalue weighted by Gasteiger charge is 2.24. The van der Waals surface area contributed by atoms with E-state index in [1.54, 1.807) is 0 Å². The summed E-state index contributed by atoms with van der Waals surface area (Å²) in [5.41, 5.74) is 4.55. The molecule has 1 rings (SSSR count). The standard InChI is InChI=1S/C36H76N2O8Si4/c1-11-39-29-41-47-31(7)21-25-37(27-23-33(9)49(43-13-3)44-14-4)35-17-19-36(20-18-35)38(26-22-32(8)48-42-30-40-12-2)28-24-34(10)50(45-15-5)46-16-6/h17-20,31-34,49-50H,11-16,21-30,47-48H2,1-10H3. The van der Waals surface area contributed by atoms with E-state index in [1.165, 1.54) is 11.4 Å². The summed E-state index contributed by atoms with van der Waals surface area (Å²) >= 11 is 0. The Morgan fingerprint density at radius 2 is 0.820 bits per heavy atom. The summed E-state index contributed by atoms with van der Waals surface area (Å²) in [6.45, 7) is 30.6. The molecule has 1 aromatic carbocycles. The normalized spacial score (nSPS) is 14.8. The molecule has 0 N–H and O–H groups in total. The van der Waals surface area contributed by atoms with E-state index < -0.39 is 38.1 Å². The summed E-state index contributed by atoms with van der Waals surface area (Å²) in [5.74, 6) is 0. The SMILES string of the molecule is CCOCO[SiH2]C(C)CCN(CCC(C)[SiH](OCC)OCC)c1ccc(N(CCC(C)[SiH2]OCOCC)CCC(C)[SiH](OCC)OCC)cc1. The Morgan fingerprint density at radius 1 is 0.500 bits per heavy atom. The van der Waals surface area contributed by atoms with Crippen molar-refractivity contribution in [3.63, 3.8) is 0 Å². The number of nitrogens with zero attached hydrogens (tertiary/aromatic N) is 2. The summed E-state index contributed by atoms with van der Waals surface area (Å²) in [4.78, 5) is 5.13. The summed E-state index contributed by atoms with van der Waals surface area (Å²) in [6, 6.07) is 9.30. The van der Waals surface area contributed by atoms with Gasteiger partial charge in [-0.15, -0.1) is 0 Å². The molecule has 0 fully saturated rings. The van der Waals surface area contributed by atoms with Gasteiger partial charge in [0.25, 0.3) is 0 Å². The Kier molecular flexibility index (Phi) is 29.2. The van der Waals surface area contributed by atoms with E-state index in [-0.39, 0.29) is 0 Å². The lowest BCUT2D eigenvalue weighted by Crippen LogP contribution is -2.33. The molecule has 1 aromatic rings. The molecule has 294 valence electrons. The highest BCUT2D eigenvalue weighted by molar-refractivity contribution is 6.46. The van der Waals surface area contributed by atoms with Crippen LogP contribution in [-0.4, -0.2) is 118 Å². The molecule has 4 unspecified atom stereocenters. The monoisotopic (exact) mass is 776 g/mol. The Bertz CT molecular complexity index is 830. The zero-order chi connectivity index (χ0) is 37.0. The molecular formula is C36H76N2O8Si4. The lowest BCUT2D eigenvalue weighted by atomic mass is 10.2. The van der Waals surface area contributed by atoms with Crippen LogP contribution in [0.5, 0.6) is 0 Å². The third kappa shape index (κ3) is 21.2. The molecule has 14 heteroatoms. The first-order valence-electron chi connectivity index (χ1n) is 19.6. The smallest absolute Gasteiger partial charge is 0.324 e. The molecule has 0 bridgehead atoms. The highest BCUT2D eigenvalue weighted by Crippen LogP contribution is 2.27. The molecule has 50 heavy (non-hydrogen) atoms. The third-order valence-corrected chi connectivity index (χ3v) is 16.8. The van der Waals surface area contributed by atoms with Crippen LogP contribution in [0.15, 0.2) is 24.3 Å². The fraction of sp³-hybridized carbons (Fsp3) is 0.833. The maximum absolute atomic E-state index is 6.09. The van der Waals surface area contributed by atoms with Gasteiger partial charge in [0.15, 0.2) is 19.5 Å². The van der Waals surface area contributed by atoms with Gasteiger partial charge in [0, 0.05) is 77.2 Å². The van der Waals surface area contributed by atoms with Crippen molar-refractivity contribution < 1.29 is 36.0 Å². The van der Waals surface area contributed by atoms with Gasteiger partial charge < -0.3 is 45.8 Å². The quantitative estimate of drug-likeness (QED) is 0.0471. The topological polar surface area (TPSA) is 80.3 Å². The molecule has 0 spiro atoms. The van der Waals surface area contributed by atoms with Crippen LogP contribution in [0.2, 0.25) is 22.2 Å². The van der Waals surface area contributed by atoms with Crippen LogP contribution in [0.3, 0.4) is 0 Å². The number of hydrogen-bond donors (Lipinski definition) is 0. The fourth-order valence-corrected chi connectivity index (χ4v) is 11.3. The lowest BCUT2D eigenvalue weighted by Gasteiger charge is -2.31. The molecule has 0 heterocycles. The van der Waals surface area contributed by atoms with Crippen LogP contribution in [0.1, 0.15) is 94.9 Å². The molecule has 0 saturated carbocycles. The Morgan fingerprint density at radius 3 is 1.12 bits per heavy atom. The van der Waals surface area contributed by atoms with Gasteiger partial charge in [0.2, 0.25) is 0 Å². The minimum absolute atomic E-state index is 0.424. The first kappa shape index (κ1) is 47.4. The van der Waals surface area contributed by atoms with Gasteiger partial charge in [0.05, 0.1) is 0 Å². The second-order valence-corrected chi connectivity index (χ2v) is 22.7. The van der Waals surface area contributed by atoms with Crippen molar-refractivity contribution in [1.29, 1.82) is 0 Å². The van der Waals surface area contributed by atoms with Crippen molar-refractivity contribution in [3.05, 3.63) is 24.3 Å². The second-order valence-electron chi connectivity index (χ2n) is 13.3. The first-order chi connectivity index (χ1) is 24.2. The summed E-state index contributed by atoms with van der Waals surface area (Å²) in [7, 11) is -4.73. The van der Waals surface area contributed by atoms with Gasteiger partial charge in [-0.05, 0) is 114 Å². The van der Waals surface area contributed by atoms with Crippen molar-refractivity contribution in [2.24, 2.45) is 0 Å². The number of hydrogen-bond acceptors (Lipinski definition) is 10. The zero-order valence-corrected chi connectivity index (χ0v) is 38.8. The zero-order valence-electron chi connectivity index (χ0n) is 33.7. The molecular weight excluding hydrogens is 701 g/mol. The Hall–Kier alpha value is -0.632. The van der Waals surface area contributed by atoms with Crippen molar-refractivity contribution in [1.82, 2.24) is 0 Å². The molecule has 0 aliphatic carbocycles. The van der Waals surface area contributed by atoms with E-state index in [2.05, 4.69) is 89.5 Å². The minimum Gasteiger partial charge on any atom is -0.402 e. The number of anilines is 2. The molecule has 0 aliphatic heterocycles. The minimum atomic E-state index is -1.71. The van der Waals surface area contributed by atoms with E-state index in [9.17, 15) is 0 Å². The molecule has 0 aliphatic rings. The summed E-state index contributed by atoms with van der Waals surface area (Å²) < 4.78 is 47.0. The van der Waals surface area contributed by atoms with Crippen molar-refractivity contribution in [2.45, 2.75) is 117 Å². The number of benzene rings is 1. The van der Waals surface area contributed by atoms with Crippen LogP contribution in [0, 0.1) is 0 Å². The van der Waals surface area contributed by atoms with Gasteiger partial charge >= 0.3 is 18.6 Å². The number of ether oxygens (including phenoxy) is 2. The van der Waals surface area contributed by atoms with Gasteiger partial charge in [-0.2, -0.15) is 0 Å². The average Bonchev–Trinajstić information content (AvgIpc) is 3.11.